The van der Waals surface area contributed by atoms with E-state index in [-0.39, 0.29) is 23.6 Å². The number of hydrogen-bond donors (Lipinski definition) is 1. The molecule has 2 heterocycles. The van der Waals surface area contributed by atoms with E-state index < -0.39 is 6.04 Å². The molecule has 0 radical (unpaired) electrons. The van der Waals surface area contributed by atoms with Crippen LogP contribution in [0.2, 0.25) is 5.02 Å². The maximum absolute atomic E-state index is 13.5. The second-order valence-electron chi connectivity index (χ2n) is 9.29. The number of amides is 3. The molecule has 2 aliphatic heterocycles. The van der Waals surface area contributed by atoms with Crippen LogP contribution in [0.25, 0.3) is 0 Å². The molecule has 0 bridgehead atoms. The van der Waals surface area contributed by atoms with Crippen molar-refractivity contribution in [3.8, 4) is 0 Å². The summed E-state index contributed by atoms with van der Waals surface area (Å²) in [5, 5.41) is 3.67. The predicted molar refractivity (Wildman–Crippen MR) is 133 cm³/mol. The van der Waals surface area contributed by atoms with Crippen LogP contribution < -0.4 is 5.32 Å². The van der Waals surface area contributed by atoms with Crippen LogP contribution in [0.1, 0.15) is 58.4 Å². The number of benzene rings is 2. The number of hydrogen-bond acceptors (Lipinski definition) is 3. The number of aryl methyl sites for hydroxylation is 1. The van der Waals surface area contributed by atoms with E-state index in [0.717, 1.165) is 37.9 Å². The fourth-order valence-electron chi connectivity index (χ4n) is 4.95. The third-order valence-corrected chi connectivity index (χ3v) is 7.25. The van der Waals surface area contributed by atoms with Gasteiger partial charge in [0.1, 0.15) is 6.04 Å². The van der Waals surface area contributed by atoms with Crippen LogP contribution in [0.5, 0.6) is 0 Å². The maximum atomic E-state index is 13.5. The molecule has 3 amide bonds. The SMILES string of the molecule is Cc1ccccc1C(=O)NC(C(=O)N1CCCCC1)C1CCN(C(=O)c2ccc(Cl)cc2)CC1. The van der Waals surface area contributed by atoms with Gasteiger partial charge in [-0.15, -0.1) is 0 Å². The number of carbonyl (C=O) groups is 3. The van der Waals surface area contributed by atoms with Crippen LogP contribution in [-0.4, -0.2) is 59.7 Å². The summed E-state index contributed by atoms with van der Waals surface area (Å²) < 4.78 is 0. The fourth-order valence-corrected chi connectivity index (χ4v) is 5.08. The van der Waals surface area contributed by atoms with Crippen LogP contribution in [0.15, 0.2) is 48.5 Å². The predicted octanol–water partition coefficient (Wildman–Crippen LogP) is 4.31. The Morgan fingerprint density at radius 3 is 2.18 bits per heavy atom. The highest BCUT2D eigenvalue weighted by Crippen LogP contribution is 2.25. The Hall–Kier alpha value is -2.86. The van der Waals surface area contributed by atoms with Gasteiger partial charge in [0.15, 0.2) is 0 Å². The lowest BCUT2D eigenvalue weighted by Gasteiger charge is -2.38. The number of carbonyl (C=O) groups excluding carboxylic acids is 3. The molecule has 0 spiro atoms. The Morgan fingerprint density at radius 2 is 1.53 bits per heavy atom. The van der Waals surface area contributed by atoms with Gasteiger partial charge in [0.05, 0.1) is 0 Å². The monoisotopic (exact) mass is 481 g/mol. The smallest absolute Gasteiger partial charge is 0.253 e. The molecule has 34 heavy (non-hydrogen) atoms. The summed E-state index contributed by atoms with van der Waals surface area (Å²) >= 11 is 5.95. The lowest BCUT2D eigenvalue weighted by molar-refractivity contribution is -0.136. The third-order valence-electron chi connectivity index (χ3n) is 7.00. The topological polar surface area (TPSA) is 69.7 Å². The summed E-state index contributed by atoms with van der Waals surface area (Å²) in [5.74, 6) is -0.258. The van der Waals surface area contributed by atoms with Crippen molar-refractivity contribution in [3.05, 3.63) is 70.2 Å². The first-order valence-electron chi connectivity index (χ1n) is 12.1. The largest absolute Gasteiger partial charge is 0.341 e. The first-order valence-corrected chi connectivity index (χ1v) is 12.5. The molecule has 0 aliphatic carbocycles. The third kappa shape index (κ3) is 5.61. The van der Waals surface area contributed by atoms with Crippen LogP contribution in [0.3, 0.4) is 0 Å². The Balaban J connectivity index is 1.47. The van der Waals surface area contributed by atoms with E-state index in [0.29, 0.717) is 42.1 Å². The fraction of sp³-hybridized carbons (Fsp3) is 0.444. The van der Waals surface area contributed by atoms with Crippen molar-refractivity contribution in [1.29, 1.82) is 0 Å². The number of nitrogens with zero attached hydrogens (tertiary/aromatic N) is 2. The molecular formula is C27H32ClN3O3. The molecule has 1 unspecified atom stereocenters. The highest BCUT2D eigenvalue weighted by Gasteiger charge is 2.36. The number of halogens is 1. The average Bonchev–Trinajstić information content (AvgIpc) is 2.88. The molecule has 2 aliphatic rings. The molecule has 0 saturated carbocycles. The van der Waals surface area contributed by atoms with E-state index in [1.807, 2.05) is 34.9 Å². The van der Waals surface area contributed by atoms with Crippen LogP contribution in [0.4, 0.5) is 0 Å². The normalized spacial score (nSPS) is 17.8. The highest BCUT2D eigenvalue weighted by molar-refractivity contribution is 6.30. The van der Waals surface area contributed by atoms with E-state index in [2.05, 4.69) is 5.32 Å². The zero-order chi connectivity index (χ0) is 24.1. The summed E-state index contributed by atoms with van der Waals surface area (Å²) in [6.45, 7) is 4.48. The second kappa shape index (κ2) is 11.0. The first kappa shape index (κ1) is 24.3. The van der Waals surface area contributed by atoms with Crippen molar-refractivity contribution in [2.45, 2.75) is 45.1 Å². The second-order valence-corrected chi connectivity index (χ2v) is 9.72. The van der Waals surface area contributed by atoms with Gasteiger partial charge in [-0.05, 0) is 80.8 Å². The summed E-state index contributed by atoms with van der Waals surface area (Å²) in [5.41, 5.74) is 2.08. The lowest BCUT2D eigenvalue weighted by atomic mass is 9.87. The number of nitrogens with one attached hydrogen (secondary N) is 1. The first-order chi connectivity index (χ1) is 16.4. The van der Waals surface area contributed by atoms with Gasteiger partial charge in [0, 0.05) is 42.3 Å². The lowest BCUT2D eigenvalue weighted by Crippen LogP contribution is -2.55. The van der Waals surface area contributed by atoms with Gasteiger partial charge in [-0.25, -0.2) is 0 Å². The quantitative estimate of drug-likeness (QED) is 0.691. The molecule has 4 rings (SSSR count). The molecule has 2 aromatic rings. The summed E-state index contributed by atoms with van der Waals surface area (Å²) in [6.07, 6.45) is 4.46. The van der Waals surface area contributed by atoms with Crippen molar-refractivity contribution in [1.82, 2.24) is 15.1 Å². The summed E-state index contributed by atoms with van der Waals surface area (Å²) in [7, 11) is 0. The summed E-state index contributed by atoms with van der Waals surface area (Å²) in [6, 6.07) is 13.8. The van der Waals surface area contributed by atoms with Gasteiger partial charge in [-0.3, -0.25) is 14.4 Å². The van der Waals surface area contributed by atoms with E-state index in [1.54, 1.807) is 30.3 Å². The van der Waals surface area contributed by atoms with Gasteiger partial charge in [0.25, 0.3) is 11.8 Å². The number of rotatable bonds is 5. The minimum Gasteiger partial charge on any atom is -0.341 e. The minimum absolute atomic E-state index is 0.00381. The Bertz CT molecular complexity index is 1030. The standard InChI is InChI=1S/C27H32ClN3O3/c1-19-7-3-4-8-23(19)25(32)29-24(27(34)30-15-5-2-6-16-30)20-13-17-31(18-14-20)26(33)21-9-11-22(28)12-10-21/h3-4,7-12,20,24H,2,5-6,13-18H2,1H3,(H,29,32). The van der Waals surface area contributed by atoms with Crippen molar-refractivity contribution < 1.29 is 14.4 Å². The summed E-state index contributed by atoms with van der Waals surface area (Å²) in [4.78, 5) is 43.3. The Morgan fingerprint density at radius 1 is 0.882 bits per heavy atom. The molecule has 1 N–H and O–H groups in total. The van der Waals surface area contributed by atoms with Gasteiger partial charge in [-0.2, -0.15) is 0 Å². The van der Waals surface area contributed by atoms with E-state index >= 15 is 0 Å². The van der Waals surface area contributed by atoms with Crippen LogP contribution in [-0.2, 0) is 4.79 Å². The number of likely N-dealkylation sites (tertiary alicyclic amines) is 2. The molecule has 2 aromatic carbocycles. The molecule has 0 aromatic heterocycles. The minimum atomic E-state index is -0.585. The zero-order valence-corrected chi connectivity index (χ0v) is 20.4. The molecule has 7 heteroatoms. The molecule has 2 fully saturated rings. The van der Waals surface area contributed by atoms with Crippen molar-refractivity contribution in [3.63, 3.8) is 0 Å². The van der Waals surface area contributed by atoms with Crippen molar-refractivity contribution in [2.75, 3.05) is 26.2 Å². The van der Waals surface area contributed by atoms with Crippen molar-refractivity contribution in [2.24, 2.45) is 5.92 Å². The molecular weight excluding hydrogens is 450 g/mol. The van der Waals surface area contributed by atoms with E-state index in [4.69, 9.17) is 11.6 Å². The van der Waals surface area contributed by atoms with E-state index in [1.165, 1.54) is 0 Å². The molecule has 2 saturated heterocycles. The Labute approximate surface area is 206 Å². The highest BCUT2D eigenvalue weighted by atomic mass is 35.5. The molecule has 6 nitrogen and oxygen atoms in total. The van der Waals surface area contributed by atoms with Gasteiger partial charge >= 0.3 is 0 Å². The van der Waals surface area contributed by atoms with Crippen molar-refractivity contribution >= 4 is 29.3 Å². The zero-order valence-electron chi connectivity index (χ0n) is 19.6. The maximum Gasteiger partial charge on any atom is 0.253 e. The number of piperidine rings is 2. The van der Waals surface area contributed by atoms with Gasteiger partial charge in [-0.1, -0.05) is 29.8 Å². The van der Waals surface area contributed by atoms with Crippen LogP contribution >= 0.6 is 11.6 Å². The van der Waals surface area contributed by atoms with Gasteiger partial charge < -0.3 is 15.1 Å². The molecule has 1 atom stereocenters. The van der Waals surface area contributed by atoms with Gasteiger partial charge in [0.2, 0.25) is 5.91 Å². The van der Waals surface area contributed by atoms with E-state index in [9.17, 15) is 14.4 Å². The average molecular weight is 482 g/mol. The van der Waals surface area contributed by atoms with Crippen LogP contribution in [0, 0.1) is 12.8 Å². The Kier molecular flexibility index (Phi) is 7.88. The molecule has 180 valence electrons.